The van der Waals surface area contributed by atoms with Gasteiger partial charge < -0.3 is 9.13 Å². The molecule has 0 aliphatic carbocycles. The summed E-state index contributed by atoms with van der Waals surface area (Å²) in [5, 5.41) is 0. The van der Waals surface area contributed by atoms with Crippen LogP contribution < -0.4 is 0 Å². The van der Waals surface area contributed by atoms with E-state index < -0.39 is 0 Å². The molecule has 0 spiro atoms. The summed E-state index contributed by atoms with van der Waals surface area (Å²) in [5.41, 5.74) is 0. The molecule has 0 aliphatic heterocycles. The predicted octanol–water partition coefficient (Wildman–Crippen LogP) is 4.21. The molecule has 2 nitrogen and oxygen atoms in total. The Morgan fingerprint density at radius 1 is 0.929 bits per heavy atom. The predicted molar refractivity (Wildman–Crippen MR) is 65.4 cm³/mol. The number of imidazole rings is 1. The highest BCUT2D eigenvalue weighted by Gasteiger charge is 2.04. The molecule has 0 unspecified atom stereocenters. The molecule has 0 N–H and O–H groups in total. The van der Waals surface area contributed by atoms with E-state index >= 15 is 0 Å². The van der Waals surface area contributed by atoms with E-state index in [1.807, 2.05) is 26.2 Å². The lowest BCUT2D eigenvalue weighted by atomic mass is 10.4. The Morgan fingerprint density at radius 2 is 1.21 bits per heavy atom. The minimum atomic E-state index is 0.456. The lowest BCUT2D eigenvalue weighted by Gasteiger charge is -2.09. The average Bonchev–Trinajstić information content (AvgIpc) is 2.50. The maximum absolute atomic E-state index is 5.30. The molecule has 0 saturated carbocycles. The van der Waals surface area contributed by atoms with Gasteiger partial charge in [-0.15, -0.1) is 0 Å². The van der Waals surface area contributed by atoms with E-state index in [0.717, 1.165) is 4.77 Å². The van der Waals surface area contributed by atoms with Gasteiger partial charge in [-0.25, -0.2) is 0 Å². The summed E-state index contributed by atoms with van der Waals surface area (Å²) < 4.78 is 5.13. The van der Waals surface area contributed by atoms with Crippen LogP contribution in [0.2, 0.25) is 0 Å². The topological polar surface area (TPSA) is 9.86 Å². The fraction of sp³-hybridized carbons (Fsp3) is 0.727. The van der Waals surface area contributed by atoms with Crippen LogP contribution in [0.15, 0.2) is 12.4 Å². The number of aromatic nitrogens is 2. The average molecular weight is 214 g/mol. The number of nitrogens with zero attached hydrogens (tertiary/aromatic N) is 2. The van der Waals surface area contributed by atoms with Crippen molar-refractivity contribution >= 4 is 12.2 Å². The van der Waals surface area contributed by atoms with Crippen molar-refractivity contribution in [3.63, 3.8) is 0 Å². The van der Waals surface area contributed by atoms with Gasteiger partial charge in [-0.3, -0.25) is 0 Å². The highest BCUT2D eigenvalue weighted by molar-refractivity contribution is 7.71. The Balaban J connectivity index is 0.000000791. The van der Waals surface area contributed by atoms with Gasteiger partial charge in [-0.1, -0.05) is 13.8 Å². The van der Waals surface area contributed by atoms with Gasteiger partial charge in [0.1, 0.15) is 0 Å². The second kappa shape index (κ2) is 6.02. The van der Waals surface area contributed by atoms with Crippen LogP contribution in [0, 0.1) is 4.77 Å². The summed E-state index contributed by atoms with van der Waals surface area (Å²) in [6.45, 7) is 12.6. The normalized spacial score (nSPS) is 10.3. The molecule has 0 saturated heterocycles. The molecule has 0 atom stereocenters. The van der Waals surface area contributed by atoms with Crippen LogP contribution in [-0.4, -0.2) is 9.13 Å². The Bertz CT molecular complexity index is 279. The number of rotatable bonds is 2. The molecule has 1 aromatic heterocycles. The van der Waals surface area contributed by atoms with Gasteiger partial charge in [-0.2, -0.15) is 0 Å². The second-order valence-electron chi connectivity index (χ2n) is 3.58. The van der Waals surface area contributed by atoms with Gasteiger partial charge >= 0.3 is 0 Å². The van der Waals surface area contributed by atoms with Gasteiger partial charge in [0.15, 0.2) is 4.77 Å². The summed E-state index contributed by atoms with van der Waals surface area (Å²) in [6.07, 6.45) is 4.10. The third-order valence-electron chi connectivity index (χ3n) is 1.94. The van der Waals surface area contributed by atoms with Crippen molar-refractivity contribution in [2.24, 2.45) is 0 Å². The summed E-state index contributed by atoms with van der Waals surface area (Å²) in [6, 6.07) is 0.912. The minimum absolute atomic E-state index is 0.456. The Morgan fingerprint density at radius 3 is 1.36 bits per heavy atom. The maximum Gasteiger partial charge on any atom is 0.180 e. The van der Waals surface area contributed by atoms with Crippen molar-refractivity contribution in [3.05, 3.63) is 17.2 Å². The summed E-state index contributed by atoms with van der Waals surface area (Å²) in [7, 11) is 0. The summed E-state index contributed by atoms with van der Waals surface area (Å²) in [5.74, 6) is 0. The maximum atomic E-state index is 5.30. The van der Waals surface area contributed by atoms with E-state index in [9.17, 15) is 0 Å². The Hall–Kier alpha value is -0.570. The van der Waals surface area contributed by atoms with Crippen molar-refractivity contribution in [2.75, 3.05) is 0 Å². The fourth-order valence-corrected chi connectivity index (χ4v) is 1.73. The van der Waals surface area contributed by atoms with Gasteiger partial charge in [0, 0.05) is 24.5 Å². The zero-order valence-corrected chi connectivity index (χ0v) is 10.9. The first kappa shape index (κ1) is 13.4. The van der Waals surface area contributed by atoms with Gasteiger partial charge in [0.2, 0.25) is 0 Å². The molecule has 1 rings (SSSR count). The second-order valence-corrected chi connectivity index (χ2v) is 3.95. The van der Waals surface area contributed by atoms with E-state index in [2.05, 4.69) is 36.8 Å². The molecule has 3 heteroatoms. The van der Waals surface area contributed by atoms with E-state index in [-0.39, 0.29) is 0 Å². The molecule has 14 heavy (non-hydrogen) atoms. The first-order valence-electron chi connectivity index (χ1n) is 5.33. The first-order chi connectivity index (χ1) is 6.54. The molecular weight excluding hydrogens is 192 g/mol. The van der Waals surface area contributed by atoms with Crippen LogP contribution >= 0.6 is 12.2 Å². The molecule has 0 aliphatic rings. The van der Waals surface area contributed by atoms with Gasteiger partial charge in [0.05, 0.1) is 0 Å². The third kappa shape index (κ3) is 2.98. The lowest BCUT2D eigenvalue weighted by Crippen LogP contribution is -2.04. The van der Waals surface area contributed by atoms with Crippen molar-refractivity contribution in [2.45, 2.75) is 53.6 Å². The van der Waals surface area contributed by atoms with Crippen molar-refractivity contribution < 1.29 is 0 Å². The number of hydrogen-bond acceptors (Lipinski definition) is 1. The highest BCUT2D eigenvalue weighted by Crippen LogP contribution is 2.11. The molecule has 1 heterocycles. The highest BCUT2D eigenvalue weighted by atomic mass is 32.1. The molecule has 0 amide bonds. The molecule has 0 radical (unpaired) electrons. The van der Waals surface area contributed by atoms with Gasteiger partial charge in [-0.05, 0) is 39.9 Å². The van der Waals surface area contributed by atoms with E-state index in [0.29, 0.717) is 12.1 Å². The largest absolute Gasteiger partial charge is 0.321 e. The zero-order chi connectivity index (χ0) is 11.3. The monoisotopic (exact) mass is 214 g/mol. The van der Waals surface area contributed by atoms with Crippen LogP contribution in [0.1, 0.15) is 53.6 Å². The molecule has 0 aromatic carbocycles. The quantitative estimate of drug-likeness (QED) is 0.671. The Kier molecular flexibility index (Phi) is 5.77. The van der Waals surface area contributed by atoms with Crippen LogP contribution in [0.4, 0.5) is 0 Å². The van der Waals surface area contributed by atoms with Gasteiger partial charge in [0.25, 0.3) is 0 Å². The van der Waals surface area contributed by atoms with Crippen molar-refractivity contribution in [1.29, 1.82) is 0 Å². The van der Waals surface area contributed by atoms with Crippen LogP contribution in [0.25, 0.3) is 0 Å². The summed E-state index contributed by atoms with van der Waals surface area (Å²) >= 11 is 5.30. The van der Waals surface area contributed by atoms with Crippen LogP contribution in [0.3, 0.4) is 0 Å². The lowest BCUT2D eigenvalue weighted by molar-refractivity contribution is 0.539. The third-order valence-corrected chi connectivity index (χ3v) is 2.36. The molecule has 0 bridgehead atoms. The minimum Gasteiger partial charge on any atom is -0.321 e. The smallest absolute Gasteiger partial charge is 0.180 e. The molecule has 1 aromatic rings. The zero-order valence-electron chi connectivity index (χ0n) is 10.1. The summed E-state index contributed by atoms with van der Waals surface area (Å²) in [4.78, 5) is 0. The van der Waals surface area contributed by atoms with Crippen LogP contribution in [0.5, 0.6) is 0 Å². The SMILES string of the molecule is CC.CC(C)n1ccn(C(C)C)c1=S. The van der Waals surface area contributed by atoms with E-state index in [4.69, 9.17) is 12.2 Å². The Labute approximate surface area is 92.6 Å². The van der Waals surface area contributed by atoms with Crippen LogP contribution in [-0.2, 0) is 0 Å². The van der Waals surface area contributed by atoms with E-state index in [1.165, 1.54) is 0 Å². The first-order valence-corrected chi connectivity index (χ1v) is 5.74. The fourth-order valence-electron chi connectivity index (χ4n) is 1.19. The van der Waals surface area contributed by atoms with Crippen molar-refractivity contribution in [3.8, 4) is 0 Å². The molecule has 82 valence electrons. The number of hydrogen-bond donors (Lipinski definition) is 0. The molecule has 0 fully saturated rings. The molecular formula is C11H22N2S. The standard InChI is InChI=1S/C9H16N2S.C2H6/c1-7(2)10-5-6-11(8(3)4)9(10)12;1-2/h5-8H,1-4H3;1-2H3. The van der Waals surface area contributed by atoms with Crippen molar-refractivity contribution in [1.82, 2.24) is 9.13 Å². The van der Waals surface area contributed by atoms with E-state index in [1.54, 1.807) is 0 Å².